The summed E-state index contributed by atoms with van der Waals surface area (Å²) in [7, 11) is 0. The normalized spacial score (nSPS) is 19.3. The molecule has 1 N–H and O–H groups in total. The molecule has 2 aromatic carbocycles. The van der Waals surface area contributed by atoms with E-state index in [1.54, 1.807) is 31.2 Å². The van der Waals surface area contributed by atoms with Crippen molar-refractivity contribution in [1.82, 2.24) is 10.2 Å². The van der Waals surface area contributed by atoms with E-state index in [-0.39, 0.29) is 12.5 Å². The molecule has 1 saturated heterocycles. The molecule has 0 aromatic heterocycles. The van der Waals surface area contributed by atoms with Crippen LogP contribution < -0.4 is 5.32 Å². The van der Waals surface area contributed by atoms with Crippen molar-refractivity contribution in [2.24, 2.45) is 0 Å². The van der Waals surface area contributed by atoms with Crippen LogP contribution in [-0.4, -0.2) is 16.8 Å². The predicted octanol–water partition coefficient (Wildman–Crippen LogP) is 3.48. The Labute approximate surface area is 153 Å². The lowest BCUT2D eigenvalue weighted by Gasteiger charge is -2.22. The highest BCUT2D eigenvalue weighted by Gasteiger charge is 2.48. The van der Waals surface area contributed by atoms with E-state index in [1.165, 1.54) is 10.5 Å². The highest BCUT2D eigenvalue weighted by molar-refractivity contribution is 6.07. The number of aryl methyl sites for hydroxylation is 1. The zero-order valence-corrected chi connectivity index (χ0v) is 15.0. The summed E-state index contributed by atoms with van der Waals surface area (Å²) >= 11 is 0. The van der Waals surface area contributed by atoms with E-state index in [4.69, 9.17) is 5.26 Å². The zero-order chi connectivity index (χ0) is 18.7. The van der Waals surface area contributed by atoms with Gasteiger partial charge in [0, 0.05) is 0 Å². The first-order chi connectivity index (χ1) is 12.5. The Hall–Kier alpha value is -3.13. The summed E-state index contributed by atoms with van der Waals surface area (Å²) in [5, 5.41) is 11.7. The fraction of sp³-hybridized carbons (Fsp3) is 0.286. The SMILES string of the molecule is CCCc1ccc([C@]2(C)NC(=O)N(Cc3ccc(C#N)cc3)C2=O)cc1. The van der Waals surface area contributed by atoms with E-state index in [9.17, 15) is 9.59 Å². The van der Waals surface area contributed by atoms with Gasteiger partial charge in [0.25, 0.3) is 5.91 Å². The number of benzene rings is 2. The number of urea groups is 1. The molecule has 1 aliphatic heterocycles. The molecule has 0 saturated carbocycles. The lowest BCUT2D eigenvalue weighted by Crippen LogP contribution is -2.40. The lowest BCUT2D eigenvalue weighted by atomic mass is 9.91. The van der Waals surface area contributed by atoms with Gasteiger partial charge in [-0.05, 0) is 42.2 Å². The number of imide groups is 1. The van der Waals surface area contributed by atoms with Crippen molar-refractivity contribution in [2.75, 3.05) is 0 Å². The second-order valence-corrected chi connectivity index (χ2v) is 6.70. The van der Waals surface area contributed by atoms with Crippen LogP contribution in [0, 0.1) is 11.3 Å². The maximum Gasteiger partial charge on any atom is 0.325 e. The van der Waals surface area contributed by atoms with E-state index >= 15 is 0 Å². The maximum atomic E-state index is 13.0. The summed E-state index contributed by atoms with van der Waals surface area (Å²) in [6, 6.07) is 16.4. The second kappa shape index (κ2) is 7.01. The van der Waals surface area contributed by atoms with Crippen molar-refractivity contribution in [2.45, 2.75) is 38.8 Å². The molecule has 3 amide bonds. The summed E-state index contributed by atoms with van der Waals surface area (Å²) in [5.41, 5.74) is 2.27. The Morgan fingerprint density at radius 2 is 1.65 bits per heavy atom. The van der Waals surface area contributed by atoms with Crippen LogP contribution in [0.15, 0.2) is 48.5 Å². The summed E-state index contributed by atoms with van der Waals surface area (Å²) in [4.78, 5) is 26.6. The molecule has 132 valence electrons. The third-order valence-corrected chi connectivity index (χ3v) is 4.77. The molecule has 0 spiro atoms. The fourth-order valence-corrected chi connectivity index (χ4v) is 3.20. The van der Waals surface area contributed by atoms with Crippen LogP contribution in [0.4, 0.5) is 4.79 Å². The van der Waals surface area contributed by atoms with Crippen molar-refractivity contribution in [3.05, 3.63) is 70.8 Å². The predicted molar refractivity (Wildman–Crippen MR) is 98.0 cm³/mol. The van der Waals surface area contributed by atoms with Crippen molar-refractivity contribution in [3.8, 4) is 6.07 Å². The molecule has 1 aliphatic rings. The first kappa shape index (κ1) is 17.7. The molecule has 3 rings (SSSR count). The molecule has 0 radical (unpaired) electrons. The van der Waals surface area contributed by atoms with Gasteiger partial charge < -0.3 is 5.32 Å². The van der Waals surface area contributed by atoms with E-state index in [0.717, 1.165) is 24.0 Å². The molecular weight excluding hydrogens is 326 g/mol. The topological polar surface area (TPSA) is 73.2 Å². The summed E-state index contributed by atoms with van der Waals surface area (Å²) in [6.07, 6.45) is 2.05. The molecule has 0 aliphatic carbocycles. The van der Waals surface area contributed by atoms with Gasteiger partial charge in [0.05, 0.1) is 18.2 Å². The van der Waals surface area contributed by atoms with Crippen molar-refractivity contribution in [1.29, 1.82) is 5.26 Å². The number of rotatable bonds is 5. The first-order valence-electron chi connectivity index (χ1n) is 8.70. The zero-order valence-electron chi connectivity index (χ0n) is 15.0. The third-order valence-electron chi connectivity index (χ3n) is 4.77. The quantitative estimate of drug-likeness (QED) is 0.842. The number of nitriles is 1. The van der Waals surface area contributed by atoms with Crippen molar-refractivity contribution < 1.29 is 9.59 Å². The van der Waals surface area contributed by atoms with E-state index in [2.05, 4.69) is 18.3 Å². The van der Waals surface area contributed by atoms with Crippen LogP contribution in [-0.2, 0) is 23.3 Å². The molecule has 1 heterocycles. The Morgan fingerprint density at radius 1 is 1.04 bits per heavy atom. The van der Waals surface area contributed by atoms with Crippen molar-refractivity contribution >= 4 is 11.9 Å². The van der Waals surface area contributed by atoms with Gasteiger partial charge in [-0.1, -0.05) is 49.7 Å². The van der Waals surface area contributed by atoms with Crippen LogP contribution in [0.1, 0.15) is 42.5 Å². The van der Waals surface area contributed by atoms with Crippen molar-refractivity contribution in [3.63, 3.8) is 0 Å². The Balaban J connectivity index is 1.81. The van der Waals surface area contributed by atoms with Gasteiger partial charge in [0.1, 0.15) is 5.54 Å². The summed E-state index contributed by atoms with van der Waals surface area (Å²) < 4.78 is 0. The Morgan fingerprint density at radius 3 is 2.23 bits per heavy atom. The number of hydrogen-bond donors (Lipinski definition) is 1. The van der Waals surface area contributed by atoms with Crippen LogP contribution >= 0.6 is 0 Å². The first-order valence-corrected chi connectivity index (χ1v) is 8.70. The van der Waals surface area contributed by atoms with Gasteiger partial charge >= 0.3 is 6.03 Å². The minimum absolute atomic E-state index is 0.180. The van der Waals surface area contributed by atoms with E-state index in [0.29, 0.717) is 5.56 Å². The van der Waals surface area contributed by atoms with E-state index in [1.807, 2.05) is 24.3 Å². The molecule has 1 fully saturated rings. The number of carbonyl (C=O) groups is 2. The monoisotopic (exact) mass is 347 g/mol. The van der Waals surface area contributed by atoms with Gasteiger partial charge in [-0.2, -0.15) is 5.26 Å². The van der Waals surface area contributed by atoms with Crippen LogP contribution in [0.5, 0.6) is 0 Å². The maximum absolute atomic E-state index is 13.0. The summed E-state index contributed by atoms with van der Waals surface area (Å²) in [6.45, 7) is 4.04. The number of nitrogens with zero attached hydrogens (tertiary/aromatic N) is 2. The molecule has 1 atom stereocenters. The van der Waals surface area contributed by atoms with Gasteiger partial charge in [0.15, 0.2) is 0 Å². The van der Waals surface area contributed by atoms with Crippen LogP contribution in [0.3, 0.4) is 0 Å². The Bertz CT molecular complexity index is 866. The molecule has 5 heteroatoms. The summed E-state index contributed by atoms with van der Waals surface area (Å²) in [5.74, 6) is -0.268. The Kier molecular flexibility index (Phi) is 4.77. The average molecular weight is 347 g/mol. The largest absolute Gasteiger partial charge is 0.325 e. The molecule has 0 bridgehead atoms. The molecule has 0 unspecified atom stereocenters. The van der Waals surface area contributed by atoms with Crippen LogP contribution in [0.2, 0.25) is 0 Å². The van der Waals surface area contributed by atoms with E-state index < -0.39 is 11.6 Å². The fourth-order valence-electron chi connectivity index (χ4n) is 3.20. The van der Waals surface area contributed by atoms with Gasteiger partial charge in [-0.25, -0.2) is 4.79 Å². The highest BCUT2D eigenvalue weighted by Crippen LogP contribution is 2.30. The number of amides is 3. The lowest BCUT2D eigenvalue weighted by molar-refractivity contribution is -0.131. The molecule has 2 aromatic rings. The highest BCUT2D eigenvalue weighted by atomic mass is 16.2. The molecule has 5 nitrogen and oxygen atoms in total. The molecule has 26 heavy (non-hydrogen) atoms. The number of carbonyl (C=O) groups excluding carboxylic acids is 2. The third kappa shape index (κ3) is 3.18. The molecular formula is C21H21N3O2. The average Bonchev–Trinajstić information content (AvgIpc) is 2.87. The number of hydrogen-bond acceptors (Lipinski definition) is 3. The minimum atomic E-state index is -1.06. The second-order valence-electron chi connectivity index (χ2n) is 6.70. The van der Waals surface area contributed by atoms with Gasteiger partial charge in [-0.15, -0.1) is 0 Å². The van der Waals surface area contributed by atoms with Gasteiger partial charge in [-0.3, -0.25) is 9.69 Å². The van der Waals surface area contributed by atoms with Crippen LogP contribution in [0.25, 0.3) is 0 Å². The smallest absolute Gasteiger partial charge is 0.319 e. The minimum Gasteiger partial charge on any atom is -0.319 e. The number of nitrogens with one attached hydrogen (secondary N) is 1. The standard InChI is InChI=1S/C21H21N3O2/c1-3-4-15-9-11-18(12-10-15)21(2)19(25)24(20(26)23-21)14-17-7-5-16(13-22)6-8-17/h5-12H,3-4,14H2,1-2H3,(H,23,26)/t21-/m0/s1. The van der Waals surface area contributed by atoms with Gasteiger partial charge in [0.2, 0.25) is 0 Å².